The van der Waals surface area contributed by atoms with E-state index < -0.39 is 0 Å². The Labute approximate surface area is 128 Å². The Kier molecular flexibility index (Phi) is 5.47. The van der Waals surface area contributed by atoms with E-state index in [1.54, 1.807) is 29.0 Å². The number of carbonyl (C=O) groups excluding carboxylic acids is 1. The van der Waals surface area contributed by atoms with Crippen molar-refractivity contribution in [3.8, 4) is 11.3 Å². The number of nitrogens with one attached hydrogen (secondary N) is 1. The molecule has 0 spiro atoms. The van der Waals surface area contributed by atoms with Crippen LogP contribution in [-0.4, -0.2) is 28.6 Å². The summed E-state index contributed by atoms with van der Waals surface area (Å²) in [6.07, 6.45) is 0.192. The number of carbonyl (C=O) groups is 1. The molecular formula is C16H20N2O2S. The van der Waals surface area contributed by atoms with Crippen molar-refractivity contribution >= 4 is 17.2 Å². The summed E-state index contributed by atoms with van der Waals surface area (Å²) < 4.78 is 0. The lowest BCUT2D eigenvalue weighted by molar-refractivity contribution is 0.0920. The van der Waals surface area contributed by atoms with E-state index in [0.717, 1.165) is 11.3 Å². The number of hydrogen-bond acceptors (Lipinski definition) is 4. The summed E-state index contributed by atoms with van der Waals surface area (Å²) in [6, 6.07) is 7.38. The minimum atomic E-state index is -0.377. The van der Waals surface area contributed by atoms with Crippen LogP contribution >= 0.6 is 11.3 Å². The molecule has 0 aliphatic heterocycles. The molecule has 0 saturated carbocycles. The molecule has 1 amide bonds. The molecule has 4 nitrogen and oxygen atoms in total. The lowest BCUT2D eigenvalue weighted by atomic mass is 10.0. The molecule has 0 aliphatic rings. The molecule has 1 atom stereocenters. The predicted octanol–water partition coefficient (Wildman–Crippen LogP) is 2.95. The van der Waals surface area contributed by atoms with E-state index in [9.17, 15) is 9.90 Å². The van der Waals surface area contributed by atoms with Gasteiger partial charge >= 0.3 is 0 Å². The van der Waals surface area contributed by atoms with E-state index >= 15 is 0 Å². The van der Waals surface area contributed by atoms with Gasteiger partial charge in [-0.1, -0.05) is 26.0 Å². The van der Waals surface area contributed by atoms with Gasteiger partial charge in [0.1, 0.15) is 0 Å². The Hall–Kier alpha value is -1.72. The highest BCUT2D eigenvalue weighted by Crippen LogP contribution is 2.19. The molecule has 2 rings (SSSR count). The number of aliphatic hydroxyl groups excluding tert-OH is 1. The van der Waals surface area contributed by atoms with E-state index in [0.29, 0.717) is 18.5 Å². The lowest BCUT2D eigenvalue weighted by Gasteiger charge is -2.14. The minimum Gasteiger partial charge on any atom is -0.393 e. The van der Waals surface area contributed by atoms with Gasteiger partial charge in [-0.15, -0.1) is 11.3 Å². The molecule has 0 bridgehead atoms. The Balaban J connectivity index is 1.88. The van der Waals surface area contributed by atoms with Gasteiger partial charge in [-0.2, -0.15) is 0 Å². The third-order valence-electron chi connectivity index (χ3n) is 3.37. The van der Waals surface area contributed by atoms with Crippen LogP contribution in [-0.2, 0) is 0 Å². The number of amides is 1. The van der Waals surface area contributed by atoms with Crippen molar-refractivity contribution in [1.29, 1.82) is 0 Å². The van der Waals surface area contributed by atoms with Gasteiger partial charge in [0.25, 0.3) is 5.91 Å². The average Bonchev–Trinajstić information content (AvgIpc) is 3.01. The quantitative estimate of drug-likeness (QED) is 0.862. The number of aromatic nitrogens is 1. The fraction of sp³-hybridized carbons (Fsp3) is 0.375. The molecule has 21 heavy (non-hydrogen) atoms. The number of nitrogens with zero attached hydrogens (tertiary/aromatic N) is 1. The van der Waals surface area contributed by atoms with E-state index in [4.69, 9.17) is 0 Å². The van der Waals surface area contributed by atoms with E-state index in [2.05, 4.69) is 10.3 Å². The summed E-state index contributed by atoms with van der Waals surface area (Å²) >= 11 is 1.55. The van der Waals surface area contributed by atoms with E-state index in [1.165, 1.54) is 0 Å². The van der Waals surface area contributed by atoms with Gasteiger partial charge in [-0.3, -0.25) is 4.79 Å². The first-order chi connectivity index (χ1) is 10.1. The summed E-state index contributed by atoms with van der Waals surface area (Å²) in [4.78, 5) is 16.2. The molecule has 2 N–H and O–H groups in total. The first kappa shape index (κ1) is 15.7. The van der Waals surface area contributed by atoms with Crippen LogP contribution in [0.15, 0.2) is 35.2 Å². The van der Waals surface area contributed by atoms with Crippen molar-refractivity contribution < 1.29 is 9.90 Å². The number of thiazole rings is 1. The summed E-state index contributed by atoms with van der Waals surface area (Å²) in [6.45, 7) is 4.40. The van der Waals surface area contributed by atoms with Crippen molar-refractivity contribution in [3.05, 3.63) is 40.7 Å². The van der Waals surface area contributed by atoms with Crippen LogP contribution in [0.4, 0.5) is 0 Å². The van der Waals surface area contributed by atoms with E-state index in [1.807, 2.05) is 31.4 Å². The minimum absolute atomic E-state index is 0.115. The van der Waals surface area contributed by atoms with Crippen LogP contribution in [0.5, 0.6) is 0 Å². The van der Waals surface area contributed by atoms with Gasteiger partial charge in [0.2, 0.25) is 0 Å². The summed E-state index contributed by atoms with van der Waals surface area (Å²) in [7, 11) is 0. The van der Waals surface area contributed by atoms with Crippen LogP contribution in [0, 0.1) is 5.92 Å². The molecule has 0 fully saturated rings. The third-order valence-corrected chi connectivity index (χ3v) is 3.96. The molecule has 0 saturated heterocycles. The molecule has 1 heterocycles. The highest BCUT2D eigenvalue weighted by atomic mass is 32.1. The van der Waals surface area contributed by atoms with Crippen LogP contribution in [0.1, 0.15) is 30.6 Å². The van der Waals surface area contributed by atoms with Crippen molar-refractivity contribution in [2.24, 2.45) is 5.92 Å². The maximum absolute atomic E-state index is 12.0. The smallest absolute Gasteiger partial charge is 0.251 e. The fourth-order valence-corrected chi connectivity index (χ4v) is 2.48. The maximum atomic E-state index is 12.0. The highest BCUT2D eigenvalue weighted by Gasteiger charge is 2.10. The number of aliphatic hydroxyl groups is 1. The highest BCUT2D eigenvalue weighted by molar-refractivity contribution is 7.07. The van der Waals surface area contributed by atoms with Gasteiger partial charge in [0, 0.05) is 23.1 Å². The summed E-state index contributed by atoms with van der Waals surface area (Å²) in [5.74, 6) is 0.0927. The van der Waals surface area contributed by atoms with Gasteiger partial charge in [-0.25, -0.2) is 4.98 Å². The van der Waals surface area contributed by atoms with Crippen molar-refractivity contribution in [2.75, 3.05) is 6.54 Å². The van der Waals surface area contributed by atoms with Crippen LogP contribution < -0.4 is 5.32 Å². The monoisotopic (exact) mass is 304 g/mol. The second-order valence-corrected chi connectivity index (χ2v) is 6.03. The van der Waals surface area contributed by atoms with Gasteiger partial charge in [-0.05, 0) is 24.5 Å². The zero-order valence-electron chi connectivity index (χ0n) is 12.2. The summed E-state index contributed by atoms with van der Waals surface area (Å²) in [5, 5.41) is 14.5. The lowest BCUT2D eigenvalue weighted by Crippen LogP contribution is -2.28. The molecule has 0 radical (unpaired) electrons. The van der Waals surface area contributed by atoms with Gasteiger partial charge in [0.15, 0.2) is 0 Å². The third kappa shape index (κ3) is 4.37. The molecule has 2 aromatic rings. The first-order valence-electron chi connectivity index (χ1n) is 7.03. The zero-order valence-corrected chi connectivity index (χ0v) is 13.1. The maximum Gasteiger partial charge on any atom is 0.251 e. The Morgan fingerprint density at radius 1 is 1.33 bits per heavy atom. The van der Waals surface area contributed by atoms with Crippen LogP contribution in [0.2, 0.25) is 0 Å². The normalized spacial score (nSPS) is 12.4. The fourth-order valence-electron chi connectivity index (χ4n) is 1.92. The Morgan fingerprint density at radius 2 is 2.05 bits per heavy atom. The molecule has 1 aromatic carbocycles. The van der Waals surface area contributed by atoms with Crippen LogP contribution in [0.3, 0.4) is 0 Å². The molecular weight excluding hydrogens is 284 g/mol. The number of hydrogen-bond donors (Lipinski definition) is 2. The SMILES string of the molecule is CC(C)C(O)CCNC(=O)c1ccc(-c2cscn2)cc1. The molecule has 1 aromatic heterocycles. The summed E-state index contributed by atoms with van der Waals surface area (Å²) in [5.41, 5.74) is 4.33. The molecule has 112 valence electrons. The van der Waals surface area contributed by atoms with Crippen molar-refractivity contribution in [3.63, 3.8) is 0 Å². The Bertz CT molecular complexity index is 564. The largest absolute Gasteiger partial charge is 0.393 e. The van der Waals surface area contributed by atoms with E-state index in [-0.39, 0.29) is 17.9 Å². The van der Waals surface area contributed by atoms with Crippen molar-refractivity contribution in [2.45, 2.75) is 26.4 Å². The first-order valence-corrected chi connectivity index (χ1v) is 7.97. The van der Waals surface area contributed by atoms with Gasteiger partial charge < -0.3 is 10.4 Å². The van der Waals surface area contributed by atoms with Crippen molar-refractivity contribution in [1.82, 2.24) is 10.3 Å². The molecule has 1 unspecified atom stereocenters. The Morgan fingerprint density at radius 3 is 2.62 bits per heavy atom. The van der Waals surface area contributed by atoms with Crippen LogP contribution in [0.25, 0.3) is 11.3 Å². The number of benzene rings is 1. The molecule has 0 aliphatic carbocycles. The predicted molar refractivity (Wildman–Crippen MR) is 85.3 cm³/mol. The average molecular weight is 304 g/mol. The molecule has 5 heteroatoms. The zero-order chi connectivity index (χ0) is 15.2. The van der Waals surface area contributed by atoms with Gasteiger partial charge in [0.05, 0.1) is 17.3 Å². The second kappa shape index (κ2) is 7.33. The number of rotatable bonds is 6. The topological polar surface area (TPSA) is 62.2 Å². The standard InChI is InChI=1S/C16H20N2O2S/c1-11(2)15(19)7-8-17-16(20)13-5-3-12(4-6-13)14-9-21-10-18-14/h3-6,9-11,15,19H,7-8H2,1-2H3,(H,17,20). The second-order valence-electron chi connectivity index (χ2n) is 5.31.